The molecular weight excluding hydrogens is 293 g/mol. The Balaban J connectivity index is 1.82. The van der Waals surface area contributed by atoms with Crippen LogP contribution in [-0.4, -0.2) is 29.7 Å². The van der Waals surface area contributed by atoms with Gasteiger partial charge in [0.1, 0.15) is 11.9 Å². The smallest absolute Gasteiger partial charge is 0.225 e. The number of hydrogen-bond donors (Lipinski definition) is 0. The molecule has 0 radical (unpaired) electrons. The molecule has 2 aromatic rings. The molecule has 0 bridgehead atoms. The van der Waals surface area contributed by atoms with Crippen molar-refractivity contribution >= 4 is 17.5 Å². The number of benzene rings is 1. The van der Waals surface area contributed by atoms with Crippen LogP contribution in [0.25, 0.3) is 0 Å². The van der Waals surface area contributed by atoms with Crippen LogP contribution in [0.1, 0.15) is 17.4 Å². The number of hydrogen-bond acceptors (Lipinski definition) is 4. The van der Waals surface area contributed by atoms with E-state index in [2.05, 4.69) is 14.9 Å². The van der Waals surface area contributed by atoms with Gasteiger partial charge in [-0.3, -0.25) is 0 Å². The molecule has 0 saturated carbocycles. The zero-order valence-electron chi connectivity index (χ0n) is 11.6. The highest BCUT2D eigenvalue weighted by Gasteiger charge is 2.25. The van der Waals surface area contributed by atoms with E-state index in [0.717, 1.165) is 17.8 Å². The van der Waals surface area contributed by atoms with Gasteiger partial charge >= 0.3 is 0 Å². The maximum Gasteiger partial charge on any atom is 0.225 e. The average Bonchev–Trinajstić information content (AvgIpc) is 2.47. The van der Waals surface area contributed by atoms with E-state index in [1.165, 1.54) is 12.1 Å². The summed E-state index contributed by atoms with van der Waals surface area (Å²) in [5.74, 6) is 0.333. The Morgan fingerprint density at radius 1 is 1.38 bits per heavy atom. The van der Waals surface area contributed by atoms with Crippen LogP contribution < -0.4 is 4.90 Å². The summed E-state index contributed by atoms with van der Waals surface area (Å²) in [6, 6.07) is 6.23. The van der Waals surface area contributed by atoms with Crippen LogP contribution in [0.15, 0.2) is 30.5 Å². The molecule has 6 heteroatoms. The monoisotopic (exact) mass is 307 g/mol. The van der Waals surface area contributed by atoms with Crippen molar-refractivity contribution in [1.29, 1.82) is 0 Å². The summed E-state index contributed by atoms with van der Waals surface area (Å²) in [5, 5.41) is 0.381. The second kappa shape index (κ2) is 5.95. The summed E-state index contributed by atoms with van der Waals surface area (Å²) in [7, 11) is 0. The highest BCUT2D eigenvalue weighted by atomic mass is 35.5. The number of nitrogens with zero attached hydrogens (tertiary/aromatic N) is 3. The van der Waals surface area contributed by atoms with E-state index in [-0.39, 0.29) is 11.9 Å². The fourth-order valence-corrected chi connectivity index (χ4v) is 2.66. The summed E-state index contributed by atoms with van der Waals surface area (Å²) >= 11 is 6.11. The lowest BCUT2D eigenvalue weighted by Crippen LogP contribution is -2.39. The average molecular weight is 308 g/mol. The third-order valence-electron chi connectivity index (χ3n) is 3.44. The molecule has 1 aliphatic rings. The number of morpholine rings is 1. The zero-order chi connectivity index (χ0) is 14.8. The van der Waals surface area contributed by atoms with E-state index in [9.17, 15) is 4.39 Å². The van der Waals surface area contributed by atoms with Gasteiger partial charge in [-0.15, -0.1) is 0 Å². The summed E-state index contributed by atoms with van der Waals surface area (Å²) in [6.45, 7) is 3.79. The Hall–Kier alpha value is -1.72. The van der Waals surface area contributed by atoms with Gasteiger partial charge < -0.3 is 9.64 Å². The van der Waals surface area contributed by atoms with Gasteiger partial charge in [0.05, 0.1) is 13.2 Å². The lowest BCUT2D eigenvalue weighted by Gasteiger charge is -2.33. The lowest BCUT2D eigenvalue weighted by molar-refractivity contribution is 0.0392. The van der Waals surface area contributed by atoms with Crippen molar-refractivity contribution < 1.29 is 9.13 Å². The molecule has 1 saturated heterocycles. The minimum atomic E-state index is -0.349. The third-order valence-corrected chi connectivity index (χ3v) is 3.77. The van der Waals surface area contributed by atoms with Crippen molar-refractivity contribution in [2.75, 3.05) is 24.6 Å². The molecule has 1 aromatic heterocycles. The van der Waals surface area contributed by atoms with Gasteiger partial charge in [0.2, 0.25) is 5.95 Å². The minimum Gasteiger partial charge on any atom is -0.370 e. The van der Waals surface area contributed by atoms with Crippen molar-refractivity contribution in [2.45, 2.75) is 13.0 Å². The van der Waals surface area contributed by atoms with Gasteiger partial charge in [0.15, 0.2) is 0 Å². The van der Waals surface area contributed by atoms with Gasteiger partial charge in [-0.1, -0.05) is 17.7 Å². The maximum atomic E-state index is 13.1. The van der Waals surface area contributed by atoms with Crippen molar-refractivity contribution in [3.8, 4) is 0 Å². The highest BCUT2D eigenvalue weighted by Crippen LogP contribution is 2.30. The molecule has 4 nitrogen and oxygen atoms in total. The third kappa shape index (κ3) is 3.14. The van der Waals surface area contributed by atoms with Gasteiger partial charge in [-0.2, -0.15) is 0 Å². The SMILES string of the molecule is Cc1ccnc(N2CCOC(c3ccc(F)cc3Cl)C2)n1. The summed E-state index contributed by atoms with van der Waals surface area (Å²) in [5.41, 5.74) is 1.71. The molecule has 110 valence electrons. The Bertz CT molecular complexity index is 653. The Kier molecular flexibility index (Phi) is 4.03. The van der Waals surface area contributed by atoms with Gasteiger partial charge in [0, 0.05) is 29.0 Å². The first-order valence-electron chi connectivity index (χ1n) is 6.74. The zero-order valence-corrected chi connectivity index (χ0v) is 12.3. The topological polar surface area (TPSA) is 38.2 Å². The Morgan fingerprint density at radius 2 is 2.24 bits per heavy atom. The number of ether oxygens (including phenoxy) is 1. The molecule has 21 heavy (non-hydrogen) atoms. The van der Waals surface area contributed by atoms with Crippen LogP contribution in [0.5, 0.6) is 0 Å². The van der Waals surface area contributed by atoms with E-state index < -0.39 is 0 Å². The van der Waals surface area contributed by atoms with Crippen molar-refractivity contribution in [2.24, 2.45) is 0 Å². The molecule has 0 spiro atoms. The van der Waals surface area contributed by atoms with Crippen LogP contribution >= 0.6 is 11.6 Å². The standard InChI is InChI=1S/C15H15ClFN3O/c1-10-4-5-18-15(19-10)20-6-7-21-14(9-20)12-3-2-11(17)8-13(12)16/h2-5,8,14H,6-7,9H2,1H3. The minimum absolute atomic E-state index is 0.212. The second-order valence-electron chi connectivity index (χ2n) is 4.97. The fraction of sp³-hybridized carbons (Fsp3) is 0.333. The molecule has 0 N–H and O–H groups in total. The number of rotatable bonds is 2. The van der Waals surface area contributed by atoms with Gasteiger partial charge in [-0.25, -0.2) is 14.4 Å². The van der Waals surface area contributed by atoms with Gasteiger partial charge in [0.25, 0.3) is 0 Å². The number of anilines is 1. The van der Waals surface area contributed by atoms with Crippen LogP contribution in [0.3, 0.4) is 0 Å². The van der Waals surface area contributed by atoms with Crippen LogP contribution in [0.4, 0.5) is 10.3 Å². The predicted molar refractivity (Wildman–Crippen MR) is 79.1 cm³/mol. The molecule has 1 aromatic carbocycles. The van der Waals surface area contributed by atoms with Crippen LogP contribution in [-0.2, 0) is 4.74 Å². The van der Waals surface area contributed by atoms with E-state index in [1.54, 1.807) is 12.3 Å². The summed E-state index contributed by atoms with van der Waals surface area (Å²) in [6.07, 6.45) is 1.53. The second-order valence-corrected chi connectivity index (χ2v) is 5.38. The summed E-state index contributed by atoms with van der Waals surface area (Å²) < 4.78 is 18.9. The number of aryl methyl sites for hydroxylation is 1. The van der Waals surface area contributed by atoms with Crippen molar-refractivity contribution in [1.82, 2.24) is 9.97 Å². The van der Waals surface area contributed by atoms with E-state index in [1.807, 2.05) is 13.0 Å². The molecule has 1 atom stereocenters. The van der Waals surface area contributed by atoms with E-state index >= 15 is 0 Å². The molecule has 1 unspecified atom stereocenters. The maximum absolute atomic E-state index is 13.1. The van der Waals surface area contributed by atoms with Crippen LogP contribution in [0.2, 0.25) is 5.02 Å². The van der Waals surface area contributed by atoms with E-state index in [0.29, 0.717) is 24.1 Å². The quantitative estimate of drug-likeness (QED) is 0.854. The normalized spacial score (nSPS) is 18.8. The highest BCUT2D eigenvalue weighted by molar-refractivity contribution is 6.31. The van der Waals surface area contributed by atoms with Crippen molar-refractivity contribution in [3.05, 3.63) is 52.6 Å². The first-order valence-corrected chi connectivity index (χ1v) is 7.12. The van der Waals surface area contributed by atoms with Crippen LogP contribution in [0, 0.1) is 12.7 Å². The molecule has 0 aliphatic carbocycles. The lowest BCUT2D eigenvalue weighted by atomic mass is 10.1. The molecule has 1 aliphatic heterocycles. The van der Waals surface area contributed by atoms with E-state index in [4.69, 9.17) is 16.3 Å². The molecule has 1 fully saturated rings. The van der Waals surface area contributed by atoms with Gasteiger partial charge in [-0.05, 0) is 25.1 Å². The molecule has 2 heterocycles. The first-order chi connectivity index (χ1) is 10.1. The molecular formula is C15H15ClFN3O. The largest absolute Gasteiger partial charge is 0.370 e. The first kappa shape index (κ1) is 14.2. The molecule has 3 rings (SSSR count). The number of halogens is 2. The summed E-state index contributed by atoms with van der Waals surface area (Å²) in [4.78, 5) is 10.8. The fourth-order valence-electron chi connectivity index (χ4n) is 2.37. The number of aromatic nitrogens is 2. The Morgan fingerprint density at radius 3 is 3.00 bits per heavy atom. The Labute approximate surface area is 127 Å². The molecule has 0 amide bonds. The predicted octanol–water partition coefficient (Wildman–Crippen LogP) is 3.16. The van der Waals surface area contributed by atoms with Crippen molar-refractivity contribution in [3.63, 3.8) is 0 Å².